The van der Waals surface area contributed by atoms with Crippen LogP contribution in [0.3, 0.4) is 0 Å². The van der Waals surface area contributed by atoms with Gasteiger partial charge in [0.05, 0.1) is 19.8 Å². The predicted octanol–water partition coefficient (Wildman–Crippen LogP) is 16.7. The van der Waals surface area contributed by atoms with Crippen LogP contribution in [0.4, 0.5) is 0 Å². The lowest BCUT2D eigenvalue weighted by atomic mass is 10.0. The van der Waals surface area contributed by atoms with E-state index in [1.165, 1.54) is 70.6 Å². The molecule has 0 amide bonds. The number of hydrogen-bond donors (Lipinski definition) is 2. The molecule has 0 spiro atoms. The number of rotatable bonds is 52. The van der Waals surface area contributed by atoms with Crippen molar-refractivity contribution >= 4 is 25.7 Å². The summed E-state index contributed by atoms with van der Waals surface area (Å²) in [4.78, 5) is 48.5. The highest BCUT2D eigenvalue weighted by atomic mass is 31.2. The highest BCUT2D eigenvalue weighted by Crippen LogP contribution is 2.43. The first-order chi connectivity index (χ1) is 35.2. The van der Waals surface area contributed by atoms with Crippen molar-refractivity contribution in [3.63, 3.8) is 0 Å². The van der Waals surface area contributed by atoms with E-state index in [-0.39, 0.29) is 25.9 Å². The monoisotopic (exact) mass is 1030 g/mol. The summed E-state index contributed by atoms with van der Waals surface area (Å²) in [5.41, 5.74) is 0. The summed E-state index contributed by atoms with van der Waals surface area (Å²) in [5, 5.41) is 9.80. The average Bonchev–Trinajstić information content (AvgIpc) is 3.37. The van der Waals surface area contributed by atoms with E-state index in [1.54, 1.807) is 0 Å². The molecular weight excluding hydrogens is 928 g/mol. The zero-order valence-corrected chi connectivity index (χ0v) is 46.5. The van der Waals surface area contributed by atoms with Crippen molar-refractivity contribution in [3.05, 3.63) is 85.1 Å². The van der Waals surface area contributed by atoms with Gasteiger partial charge in [-0.2, -0.15) is 0 Å². The maximum Gasteiger partial charge on any atom is 0.472 e. The van der Waals surface area contributed by atoms with E-state index in [1.807, 2.05) is 12.2 Å². The Balaban J connectivity index is 4.82. The highest BCUT2D eigenvalue weighted by molar-refractivity contribution is 7.47. The third-order valence-electron chi connectivity index (χ3n) is 11.8. The summed E-state index contributed by atoms with van der Waals surface area (Å²) >= 11 is 0. The smallest absolute Gasteiger partial charge is 0.462 e. The van der Waals surface area contributed by atoms with Crippen LogP contribution in [-0.2, 0) is 42.2 Å². The normalized spacial score (nSPS) is 14.0. The Kier molecular flexibility index (Phi) is 51.4. The van der Waals surface area contributed by atoms with Crippen molar-refractivity contribution in [1.29, 1.82) is 0 Å². The number of carbonyl (C=O) groups is 3. The van der Waals surface area contributed by atoms with Crippen LogP contribution in [0.15, 0.2) is 85.1 Å². The largest absolute Gasteiger partial charge is 0.472 e. The number of phosphoric ester groups is 1. The minimum absolute atomic E-state index is 0.0871. The van der Waals surface area contributed by atoms with E-state index in [0.29, 0.717) is 25.7 Å². The van der Waals surface area contributed by atoms with E-state index in [0.717, 1.165) is 103 Å². The summed E-state index contributed by atoms with van der Waals surface area (Å²) in [6.45, 7) is 4.39. The van der Waals surface area contributed by atoms with Crippen molar-refractivity contribution in [2.24, 2.45) is 0 Å². The second-order valence-electron chi connectivity index (χ2n) is 18.7. The van der Waals surface area contributed by atoms with Gasteiger partial charge < -0.3 is 24.2 Å². The summed E-state index contributed by atoms with van der Waals surface area (Å²) < 4.78 is 39.4. The van der Waals surface area contributed by atoms with Crippen LogP contribution < -0.4 is 0 Å². The summed E-state index contributed by atoms with van der Waals surface area (Å²) in [6.07, 6.45) is 61.2. The lowest BCUT2D eigenvalue weighted by Crippen LogP contribution is -2.30. The molecule has 0 aromatic rings. The minimum atomic E-state index is -4.77. The molecule has 0 fully saturated rings. The van der Waals surface area contributed by atoms with Gasteiger partial charge in [0.2, 0.25) is 0 Å². The number of ether oxygens (including phenoxy) is 3. The number of aliphatic hydroxyl groups excluding tert-OH is 1. The number of hydrogen-bond acceptors (Lipinski definition) is 10. The third-order valence-corrected chi connectivity index (χ3v) is 12.7. The van der Waals surface area contributed by atoms with Crippen LogP contribution in [0.2, 0.25) is 0 Å². The van der Waals surface area contributed by atoms with Crippen LogP contribution in [0.25, 0.3) is 0 Å². The molecule has 0 saturated carbocycles. The lowest BCUT2D eigenvalue weighted by molar-refractivity contribution is -0.161. The fourth-order valence-electron chi connectivity index (χ4n) is 7.49. The number of esters is 3. The van der Waals surface area contributed by atoms with Gasteiger partial charge in [-0.25, -0.2) is 4.57 Å². The first kappa shape index (κ1) is 68.7. The first-order valence-electron chi connectivity index (χ1n) is 28.5. The number of unbranched alkanes of at least 4 members (excludes halogenated alkanes) is 21. The molecule has 414 valence electrons. The molecule has 0 aromatic carbocycles. The maximum absolute atomic E-state index is 12.9. The van der Waals surface area contributed by atoms with Gasteiger partial charge in [-0.05, 0) is 83.5 Å². The van der Waals surface area contributed by atoms with Crippen molar-refractivity contribution in [3.8, 4) is 0 Å². The molecule has 3 unspecified atom stereocenters. The molecule has 0 aromatic heterocycles. The van der Waals surface area contributed by atoms with E-state index in [9.17, 15) is 28.9 Å². The van der Waals surface area contributed by atoms with Crippen LogP contribution >= 0.6 is 7.82 Å². The number of carbonyl (C=O) groups excluding carboxylic acids is 3. The molecule has 0 rings (SSSR count). The Labute approximate surface area is 439 Å². The maximum atomic E-state index is 12.9. The molecule has 0 heterocycles. The highest BCUT2D eigenvalue weighted by Gasteiger charge is 2.28. The molecule has 0 aliphatic heterocycles. The molecule has 0 bridgehead atoms. The fraction of sp³-hybridized carbons (Fsp3) is 0.717. The Morgan fingerprint density at radius 3 is 1.22 bits per heavy atom. The van der Waals surface area contributed by atoms with Gasteiger partial charge in [-0.15, -0.1) is 0 Å². The van der Waals surface area contributed by atoms with Crippen molar-refractivity contribution in [2.45, 2.75) is 251 Å². The number of phosphoric acid groups is 1. The Morgan fingerprint density at radius 1 is 0.403 bits per heavy atom. The standard InChI is InChI=1S/C60H103O11P/c1-4-7-10-13-16-19-22-25-27-28-30-33-36-39-42-45-48-51-60(64)71-57(53-67-58(62)49-46-43-40-37-34-32-29-26-23-20-17-14-11-8-5-2)55-69-72(65,66)68-54-56(52-61)70-59(63)50-47-44-41-38-35-31-24-21-18-15-12-9-6-3/h7,10,12,15-16,19,21,24-25,27,30,33,39,42,56-57,61H,4-6,8-9,11,13-14,17-18,20,22-23,26,28-29,31-32,34-38,40-41,43-55H2,1-3H3,(H,65,66)/b10-7-,15-12-,19-16-,24-21-,27-25-,33-30-,42-39-. The summed E-state index contributed by atoms with van der Waals surface area (Å²) in [5.74, 6) is -1.55. The van der Waals surface area contributed by atoms with Gasteiger partial charge in [0.25, 0.3) is 0 Å². The molecule has 72 heavy (non-hydrogen) atoms. The molecule has 11 nitrogen and oxygen atoms in total. The minimum Gasteiger partial charge on any atom is -0.462 e. The summed E-state index contributed by atoms with van der Waals surface area (Å²) in [6, 6.07) is 0. The zero-order chi connectivity index (χ0) is 52.7. The Morgan fingerprint density at radius 2 is 0.764 bits per heavy atom. The lowest BCUT2D eigenvalue weighted by Gasteiger charge is -2.21. The van der Waals surface area contributed by atoms with Crippen LogP contribution in [0, 0.1) is 0 Å². The molecule has 0 aliphatic carbocycles. The molecule has 0 radical (unpaired) electrons. The molecule has 12 heteroatoms. The molecular formula is C60H103O11P. The van der Waals surface area contributed by atoms with Gasteiger partial charge in [-0.1, -0.05) is 221 Å². The van der Waals surface area contributed by atoms with Gasteiger partial charge in [-0.3, -0.25) is 23.4 Å². The third kappa shape index (κ3) is 51.6. The zero-order valence-electron chi connectivity index (χ0n) is 45.6. The number of allylic oxidation sites excluding steroid dienone is 14. The van der Waals surface area contributed by atoms with Gasteiger partial charge in [0.15, 0.2) is 6.10 Å². The fourth-order valence-corrected chi connectivity index (χ4v) is 8.27. The molecule has 3 atom stereocenters. The van der Waals surface area contributed by atoms with Crippen molar-refractivity contribution in [1.82, 2.24) is 0 Å². The Bertz CT molecular complexity index is 1530. The van der Waals surface area contributed by atoms with Crippen LogP contribution in [0.5, 0.6) is 0 Å². The Hall–Kier alpha value is -3.34. The molecule has 2 N–H and O–H groups in total. The molecule has 0 saturated heterocycles. The van der Waals surface area contributed by atoms with Crippen molar-refractivity contribution < 1.29 is 52.2 Å². The second kappa shape index (κ2) is 53.9. The number of aliphatic hydroxyl groups is 1. The van der Waals surface area contributed by atoms with Crippen molar-refractivity contribution in [2.75, 3.05) is 26.4 Å². The van der Waals surface area contributed by atoms with E-state index in [2.05, 4.69) is 93.7 Å². The van der Waals surface area contributed by atoms with E-state index >= 15 is 0 Å². The van der Waals surface area contributed by atoms with Gasteiger partial charge >= 0.3 is 25.7 Å². The molecule has 0 aliphatic rings. The first-order valence-corrected chi connectivity index (χ1v) is 30.0. The SMILES string of the molecule is CC/C=C\C/C=C\C/C=C\C/C=C\C/C=C\CCCC(=O)OC(COC(=O)CCCCCCCCCCCCCCCCC)COP(=O)(O)OCC(CO)OC(=O)CCCCCCC/C=C\C/C=C\CCC. The van der Waals surface area contributed by atoms with E-state index < -0.39 is 57.8 Å². The van der Waals surface area contributed by atoms with Gasteiger partial charge in [0, 0.05) is 19.3 Å². The predicted molar refractivity (Wildman–Crippen MR) is 298 cm³/mol. The van der Waals surface area contributed by atoms with Crippen LogP contribution in [-0.4, -0.2) is 66.5 Å². The van der Waals surface area contributed by atoms with Gasteiger partial charge in [0.1, 0.15) is 12.7 Å². The average molecular weight is 1030 g/mol. The van der Waals surface area contributed by atoms with Crippen LogP contribution in [0.1, 0.15) is 239 Å². The quantitative estimate of drug-likeness (QED) is 0.0197. The van der Waals surface area contributed by atoms with E-state index in [4.69, 9.17) is 23.3 Å². The summed E-state index contributed by atoms with van der Waals surface area (Å²) in [7, 11) is -4.77. The topological polar surface area (TPSA) is 155 Å². The second-order valence-corrected chi connectivity index (χ2v) is 20.2.